The second-order valence-corrected chi connectivity index (χ2v) is 5.18. The van der Waals surface area contributed by atoms with Gasteiger partial charge in [-0.3, -0.25) is 0 Å². The molecule has 1 aromatic heterocycles. The van der Waals surface area contributed by atoms with Crippen LogP contribution in [0, 0.1) is 0 Å². The van der Waals surface area contributed by atoms with Gasteiger partial charge in [-0.05, 0) is 26.0 Å². The number of hydrogen-bond donors (Lipinski definition) is 2. The maximum absolute atomic E-state index is 5.53. The Balaban J connectivity index is 2.33. The molecule has 0 saturated heterocycles. The lowest BCUT2D eigenvalue weighted by Gasteiger charge is -2.10. The largest absolute Gasteiger partial charge is 0.381 e. The third kappa shape index (κ3) is 6.96. The van der Waals surface area contributed by atoms with Gasteiger partial charge >= 0.3 is 0 Å². The number of nitrogens with zero attached hydrogens (tertiary/aromatic N) is 2. The van der Waals surface area contributed by atoms with Gasteiger partial charge in [0.05, 0.1) is 0 Å². The predicted molar refractivity (Wildman–Crippen MR) is 86.8 cm³/mol. The molecule has 0 aliphatic rings. The van der Waals surface area contributed by atoms with E-state index in [0.717, 1.165) is 55.9 Å². The topological polar surface area (TPSA) is 59.1 Å². The van der Waals surface area contributed by atoms with Crippen LogP contribution in [0.3, 0.4) is 0 Å². The Labute approximate surface area is 126 Å². The first-order chi connectivity index (χ1) is 9.80. The minimum absolute atomic E-state index is 0.783. The zero-order valence-electron chi connectivity index (χ0n) is 12.7. The maximum atomic E-state index is 5.53. The van der Waals surface area contributed by atoms with Gasteiger partial charge < -0.3 is 15.4 Å². The molecule has 0 saturated carbocycles. The van der Waals surface area contributed by atoms with Crippen molar-refractivity contribution in [1.29, 1.82) is 0 Å². The monoisotopic (exact) mass is 298 g/mol. The van der Waals surface area contributed by atoms with Gasteiger partial charge in [-0.2, -0.15) is 0 Å². The summed E-state index contributed by atoms with van der Waals surface area (Å²) in [5.74, 6) is 1.74. The predicted octanol–water partition coefficient (Wildman–Crippen LogP) is 3.25. The molecule has 0 fully saturated rings. The molecule has 114 valence electrons. The van der Waals surface area contributed by atoms with E-state index >= 15 is 0 Å². The SMILES string of the molecule is CCCCOCCCNc1cc(NCC)nc(SC)n1. The fourth-order valence-electron chi connectivity index (χ4n) is 1.62. The van der Waals surface area contributed by atoms with Gasteiger partial charge in [0.15, 0.2) is 5.16 Å². The highest BCUT2D eigenvalue weighted by Gasteiger charge is 2.03. The van der Waals surface area contributed by atoms with E-state index in [9.17, 15) is 0 Å². The van der Waals surface area contributed by atoms with Crippen molar-refractivity contribution in [3.63, 3.8) is 0 Å². The number of anilines is 2. The van der Waals surface area contributed by atoms with Crippen LogP contribution < -0.4 is 10.6 Å². The average molecular weight is 298 g/mol. The Morgan fingerprint density at radius 1 is 1.10 bits per heavy atom. The van der Waals surface area contributed by atoms with E-state index in [1.807, 2.05) is 12.3 Å². The molecule has 1 aromatic rings. The van der Waals surface area contributed by atoms with Gasteiger partial charge in [0, 0.05) is 32.4 Å². The van der Waals surface area contributed by atoms with Crippen molar-refractivity contribution in [3.05, 3.63) is 6.07 Å². The van der Waals surface area contributed by atoms with Crippen molar-refractivity contribution >= 4 is 23.4 Å². The highest BCUT2D eigenvalue weighted by atomic mass is 32.2. The van der Waals surface area contributed by atoms with Gasteiger partial charge in [-0.1, -0.05) is 25.1 Å². The van der Waals surface area contributed by atoms with E-state index < -0.39 is 0 Å². The van der Waals surface area contributed by atoms with E-state index in [2.05, 4.69) is 34.4 Å². The lowest BCUT2D eigenvalue weighted by molar-refractivity contribution is 0.131. The first-order valence-corrected chi connectivity index (χ1v) is 8.51. The molecule has 20 heavy (non-hydrogen) atoms. The molecule has 0 bridgehead atoms. The van der Waals surface area contributed by atoms with Crippen LogP contribution in [0.25, 0.3) is 0 Å². The van der Waals surface area contributed by atoms with Crippen molar-refractivity contribution in [1.82, 2.24) is 9.97 Å². The van der Waals surface area contributed by atoms with Crippen molar-refractivity contribution in [2.45, 2.75) is 38.3 Å². The smallest absolute Gasteiger partial charge is 0.191 e. The van der Waals surface area contributed by atoms with E-state index in [4.69, 9.17) is 4.74 Å². The quantitative estimate of drug-likeness (QED) is 0.371. The van der Waals surface area contributed by atoms with Gasteiger partial charge in [0.2, 0.25) is 0 Å². The first kappa shape index (κ1) is 17.0. The molecule has 0 aromatic carbocycles. The van der Waals surface area contributed by atoms with Gasteiger partial charge in [0.1, 0.15) is 11.6 Å². The molecular weight excluding hydrogens is 272 g/mol. The second-order valence-electron chi connectivity index (χ2n) is 4.40. The number of aromatic nitrogens is 2. The van der Waals surface area contributed by atoms with Crippen molar-refractivity contribution in [2.24, 2.45) is 0 Å². The van der Waals surface area contributed by atoms with Crippen molar-refractivity contribution in [3.8, 4) is 0 Å². The van der Waals surface area contributed by atoms with Crippen molar-refractivity contribution in [2.75, 3.05) is 43.2 Å². The number of nitrogens with one attached hydrogen (secondary N) is 2. The van der Waals surface area contributed by atoms with E-state index in [1.165, 1.54) is 6.42 Å². The number of hydrogen-bond acceptors (Lipinski definition) is 6. The summed E-state index contributed by atoms with van der Waals surface area (Å²) in [6.45, 7) is 7.61. The summed E-state index contributed by atoms with van der Waals surface area (Å²) in [6.07, 6.45) is 5.29. The molecule has 1 rings (SSSR count). The zero-order chi connectivity index (χ0) is 14.6. The Morgan fingerprint density at radius 3 is 2.45 bits per heavy atom. The zero-order valence-corrected chi connectivity index (χ0v) is 13.6. The summed E-state index contributed by atoms with van der Waals surface area (Å²) < 4.78 is 5.53. The molecule has 0 radical (unpaired) electrons. The lowest BCUT2D eigenvalue weighted by atomic mass is 10.3. The summed E-state index contributed by atoms with van der Waals surface area (Å²) in [5, 5.41) is 7.33. The van der Waals surface area contributed by atoms with E-state index in [0.29, 0.717) is 0 Å². The Kier molecular flexibility index (Phi) is 9.15. The van der Waals surface area contributed by atoms with Crippen LogP contribution in [0.1, 0.15) is 33.1 Å². The fraction of sp³-hybridized carbons (Fsp3) is 0.714. The summed E-state index contributed by atoms with van der Waals surface area (Å²) in [6, 6.07) is 1.95. The van der Waals surface area contributed by atoms with Crippen LogP contribution in [0.2, 0.25) is 0 Å². The third-order valence-electron chi connectivity index (χ3n) is 2.66. The Bertz CT molecular complexity index is 376. The molecule has 0 atom stereocenters. The molecule has 0 unspecified atom stereocenters. The molecule has 0 aliphatic heterocycles. The Hall–Kier alpha value is -1.01. The molecule has 1 heterocycles. The molecular formula is C14H26N4OS. The van der Waals surface area contributed by atoms with E-state index in [-0.39, 0.29) is 0 Å². The van der Waals surface area contributed by atoms with Gasteiger partial charge in [-0.25, -0.2) is 9.97 Å². The summed E-state index contributed by atoms with van der Waals surface area (Å²) in [4.78, 5) is 8.84. The lowest BCUT2D eigenvalue weighted by Crippen LogP contribution is -2.09. The van der Waals surface area contributed by atoms with Crippen molar-refractivity contribution < 1.29 is 4.74 Å². The summed E-state index contributed by atoms with van der Waals surface area (Å²) >= 11 is 1.55. The molecule has 0 spiro atoms. The summed E-state index contributed by atoms with van der Waals surface area (Å²) in [5.41, 5.74) is 0. The molecule has 6 heteroatoms. The highest BCUT2D eigenvalue weighted by Crippen LogP contribution is 2.17. The fourth-order valence-corrected chi connectivity index (χ4v) is 2.00. The van der Waals surface area contributed by atoms with Crippen LogP contribution in [0.5, 0.6) is 0 Å². The number of thioether (sulfide) groups is 1. The third-order valence-corrected chi connectivity index (χ3v) is 3.21. The Morgan fingerprint density at radius 2 is 1.80 bits per heavy atom. The summed E-state index contributed by atoms with van der Waals surface area (Å²) in [7, 11) is 0. The second kappa shape index (κ2) is 10.7. The number of unbranched alkanes of at least 4 members (excludes halogenated alkanes) is 1. The molecule has 0 amide bonds. The van der Waals surface area contributed by atoms with Crippen LogP contribution in [-0.4, -0.2) is 42.5 Å². The number of rotatable bonds is 11. The average Bonchev–Trinajstić information content (AvgIpc) is 2.46. The maximum Gasteiger partial charge on any atom is 0.191 e. The molecule has 5 nitrogen and oxygen atoms in total. The minimum Gasteiger partial charge on any atom is -0.381 e. The van der Waals surface area contributed by atoms with Crippen LogP contribution in [0.15, 0.2) is 11.2 Å². The highest BCUT2D eigenvalue weighted by molar-refractivity contribution is 7.98. The standard InChI is InChI=1S/C14H26N4OS/c1-4-6-9-19-10-7-8-16-13-11-12(15-5-2)17-14(18-13)20-3/h11H,4-10H2,1-3H3,(H2,15,16,17,18). The van der Waals surface area contributed by atoms with Gasteiger partial charge in [0.25, 0.3) is 0 Å². The molecule has 2 N–H and O–H groups in total. The van der Waals surface area contributed by atoms with E-state index in [1.54, 1.807) is 11.8 Å². The van der Waals surface area contributed by atoms with Crippen LogP contribution >= 0.6 is 11.8 Å². The number of ether oxygens (including phenoxy) is 1. The normalized spacial score (nSPS) is 10.6. The van der Waals surface area contributed by atoms with Gasteiger partial charge in [-0.15, -0.1) is 0 Å². The first-order valence-electron chi connectivity index (χ1n) is 7.28. The van der Waals surface area contributed by atoms with Crippen LogP contribution in [0.4, 0.5) is 11.6 Å². The minimum atomic E-state index is 0.783. The molecule has 0 aliphatic carbocycles. The van der Waals surface area contributed by atoms with Crippen LogP contribution in [-0.2, 0) is 4.74 Å².